The molecule has 0 aromatic carbocycles. The van der Waals surface area contributed by atoms with Gasteiger partial charge in [0.05, 0.1) is 6.10 Å². The zero-order valence-electron chi connectivity index (χ0n) is 19.2. The van der Waals surface area contributed by atoms with Crippen molar-refractivity contribution in [2.24, 2.45) is 5.92 Å². The van der Waals surface area contributed by atoms with Crippen LogP contribution < -0.4 is 0 Å². The normalized spacial score (nSPS) is 14.1. The highest BCUT2D eigenvalue weighted by atomic mass is 16.4. The molecule has 3 unspecified atom stereocenters. The fourth-order valence-corrected chi connectivity index (χ4v) is 3.22. The van der Waals surface area contributed by atoms with Crippen LogP contribution in [0.15, 0.2) is 12.2 Å². The van der Waals surface area contributed by atoms with E-state index in [9.17, 15) is 15.3 Å². The molecule has 0 radical (unpaired) electrons. The smallest absolute Gasteiger partial charge is 0.144 e. The van der Waals surface area contributed by atoms with Crippen LogP contribution in [-0.4, -0.2) is 45.3 Å². The second-order valence-electron chi connectivity index (χ2n) is 8.43. The number of aliphatic hydroxyl groups is 4. The molecule has 0 heterocycles. The number of hydrogen-bond acceptors (Lipinski definition) is 4. The van der Waals surface area contributed by atoms with Crippen LogP contribution in [0.3, 0.4) is 0 Å². The lowest BCUT2D eigenvalue weighted by atomic mass is 10.0. The van der Waals surface area contributed by atoms with E-state index in [1.165, 1.54) is 57.8 Å². The molecule has 0 aliphatic rings. The van der Waals surface area contributed by atoms with Gasteiger partial charge >= 0.3 is 0 Å². The van der Waals surface area contributed by atoms with Crippen molar-refractivity contribution >= 4 is 0 Å². The third-order valence-corrected chi connectivity index (χ3v) is 5.11. The van der Waals surface area contributed by atoms with E-state index in [0.29, 0.717) is 6.42 Å². The lowest BCUT2D eigenvalue weighted by molar-refractivity contribution is -0.0412. The Balaban J connectivity index is 3.58. The Hall–Kier alpha value is -1.30. The van der Waals surface area contributed by atoms with Crippen LogP contribution in [-0.2, 0) is 0 Å². The average Bonchev–Trinajstić information content (AvgIpc) is 2.72. The molecule has 0 bridgehead atoms. The van der Waals surface area contributed by atoms with Crippen LogP contribution in [0.4, 0.5) is 0 Å². The number of hydrogen-bond donors (Lipinski definition) is 4. The molecule has 0 saturated carbocycles. The number of rotatable bonds is 17. The van der Waals surface area contributed by atoms with Crippen molar-refractivity contribution in [1.82, 2.24) is 0 Å². The first-order valence-electron chi connectivity index (χ1n) is 11.8. The van der Waals surface area contributed by atoms with Gasteiger partial charge in [-0.15, -0.1) is 0 Å². The molecule has 0 saturated heterocycles. The maximum absolute atomic E-state index is 9.93. The van der Waals surface area contributed by atoms with Crippen molar-refractivity contribution < 1.29 is 20.4 Å². The van der Waals surface area contributed by atoms with Gasteiger partial charge < -0.3 is 20.4 Å². The summed E-state index contributed by atoms with van der Waals surface area (Å²) in [4.78, 5) is 0. The van der Waals surface area contributed by atoms with Gasteiger partial charge in [0, 0.05) is 0 Å². The van der Waals surface area contributed by atoms with E-state index in [-0.39, 0.29) is 6.61 Å². The van der Waals surface area contributed by atoms with E-state index in [4.69, 9.17) is 5.11 Å². The van der Waals surface area contributed by atoms with Crippen LogP contribution in [0.1, 0.15) is 97.3 Å². The summed E-state index contributed by atoms with van der Waals surface area (Å²) in [5.74, 6) is 10.2. The number of allylic oxidation sites excluding steroid dienone is 2. The summed E-state index contributed by atoms with van der Waals surface area (Å²) >= 11 is 0. The molecule has 3 atom stereocenters. The molecule has 4 nitrogen and oxygen atoms in total. The van der Waals surface area contributed by atoms with Crippen molar-refractivity contribution in [3.8, 4) is 23.7 Å². The highest BCUT2D eigenvalue weighted by Gasteiger charge is 2.22. The van der Waals surface area contributed by atoms with Gasteiger partial charge in [-0.3, -0.25) is 0 Å². The Bertz CT molecular complexity index is 533. The van der Waals surface area contributed by atoms with Gasteiger partial charge in [-0.05, 0) is 49.9 Å². The molecule has 0 amide bonds. The van der Waals surface area contributed by atoms with Crippen molar-refractivity contribution in [3.63, 3.8) is 0 Å². The molecule has 0 aliphatic heterocycles. The van der Waals surface area contributed by atoms with Crippen molar-refractivity contribution in [1.29, 1.82) is 0 Å². The van der Waals surface area contributed by atoms with Crippen LogP contribution >= 0.6 is 0 Å². The van der Waals surface area contributed by atoms with Crippen molar-refractivity contribution in [2.75, 3.05) is 6.61 Å². The Morgan fingerprint density at radius 1 is 0.700 bits per heavy atom. The molecule has 0 spiro atoms. The summed E-state index contributed by atoms with van der Waals surface area (Å²) in [5, 5.41) is 38.0. The zero-order chi connectivity index (χ0) is 22.5. The average molecular weight is 421 g/mol. The standard InChI is InChI=1S/C26H44O4/c1-23(2)19-15-12-10-8-6-4-3-5-7-9-11-13-16-20-24(28)26(30)25(29)21-17-14-18-22-27/h9,11,23-30H,3-8,10,12-13,15-16,19-20,22H2,1-2H3/b11-9-. The lowest BCUT2D eigenvalue weighted by Gasteiger charge is -2.19. The van der Waals surface area contributed by atoms with Crippen molar-refractivity contribution in [3.05, 3.63) is 12.2 Å². The summed E-state index contributed by atoms with van der Waals surface area (Å²) in [5.41, 5.74) is 0. The van der Waals surface area contributed by atoms with Crippen LogP contribution in [0, 0.1) is 29.6 Å². The molecule has 0 aromatic rings. The topological polar surface area (TPSA) is 80.9 Å². The minimum atomic E-state index is -1.34. The molecular weight excluding hydrogens is 376 g/mol. The van der Waals surface area contributed by atoms with E-state index >= 15 is 0 Å². The maximum Gasteiger partial charge on any atom is 0.144 e. The van der Waals surface area contributed by atoms with E-state index in [1.807, 2.05) is 0 Å². The Kier molecular flexibility index (Phi) is 20.0. The largest absolute Gasteiger partial charge is 0.390 e. The minimum absolute atomic E-state index is 0.303. The van der Waals surface area contributed by atoms with E-state index in [2.05, 4.69) is 49.7 Å². The Labute approximate surface area is 184 Å². The molecular formula is C26H44O4. The molecule has 30 heavy (non-hydrogen) atoms. The molecule has 0 fully saturated rings. The van der Waals surface area contributed by atoms with E-state index in [1.54, 1.807) is 0 Å². The van der Waals surface area contributed by atoms with Crippen molar-refractivity contribution in [2.45, 2.75) is 116 Å². The SMILES string of the molecule is CC(C)CCCCCCCCCC/C=C\CCCC(O)C(O)C(O)C#CC#CCO. The Morgan fingerprint density at radius 2 is 1.27 bits per heavy atom. The van der Waals surface area contributed by atoms with Gasteiger partial charge in [-0.1, -0.05) is 89.2 Å². The van der Waals surface area contributed by atoms with Gasteiger partial charge in [0.25, 0.3) is 0 Å². The van der Waals surface area contributed by atoms with Crippen LogP contribution in [0.2, 0.25) is 0 Å². The third kappa shape index (κ3) is 18.7. The summed E-state index contributed by atoms with van der Waals surface area (Å²) in [6.45, 7) is 4.29. The Morgan fingerprint density at radius 3 is 1.87 bits per heavy atom. The number of aliphatic hydroxyl groups excluding tert-OH is 4. The minimum Gasteiger partial charge on any atom is -0.390 e. The summed E-state index contributed by atoms with van der Waals surface area (Å²) in [6, 6.07) is 0. The van der Waals surface area contributed by atoms with Gasteiger partial charge in [0.15, 0.2) is 0 Å². The summed E-state index contributed by atoms with van der Waals surface area (Å²) < 4.78 is 0. The second kappa shape index (κ2) is 21.0. The van der Waals surface area contributed by atoms with E-state index < -0.39 is 18.3 Å². The molecule has 172 valence electrons. The van der Waals surface area contributed by atoms with Crippen LogP contribution in [0.25, 0.3) is 0 Å². The third-order valence-electron chi connectivity index (χ3n) is 5.11. The monoisotopic (exact) mass is 420 g/mol. The molecule has 0 aliphatic carbocycles. The summed E-state index contributed by atoms with van der Waals surface area (Å²) in [6.07, 6.45) is 15.9. The van der Waals surface area contributed by atoms with Gasteiger partial charge in [-0.2, -0.15) is 0 Å². The highest BCUT2D eigenvalue weighted by Crippen LogP contribution is 2.13. The first-order chi connectivity index (χ1) is 14.5. The predicted molar refractivity (Wildman–Crippen MR) is 125 cm³/mol. The summed E-state index contributed by atoms with van der Waals surface area (Å²) in [7, 11) is 0. The second-order valence-corrected chi connectivity index (χ2v) is 8.43. The predicted octanol–water partition coefficient (Wildman–Crippen LogP) is 4.35. The van der Waals surface area contributed by atoms with Crippen LogP contribution in [0.5, 0.6) is 0 Å². The van der Waals surface area contributed by atoms with Gasteiger partial charge in [0.1, 0.15) is 18.8 Å². The lowest BCUT2D eigenvalue weighted by Crippen LogP contribution is -2.36. The molecule has 4 N–H and O–H groups in total. The zero-order valence-corrected chi connectivity index (χ0v) is 19.2. The molecule has 4 heteroatoms. The number of unbranched alkanes of at least 4 members (excludes halogenated alkanes) is 9. The highest BCUT2D eigenvalue weighted by molar-refractivity contribution is 5.27. The van der Waals surface area contributed by atoms with Gasteiger partial charge in [-0.25, -0.2) is 0 Å². The molecule has 0 aromatic heterocycles. The first-order valence-corrected chi connectivity index (χ1v) is 11.8. The fraction of sp³-hybridized carbons (Fsp3) is 0.769. The molecule has 0 rings (SSSR count). The first kappa shape index (κ1) is 28.7. The quantitative estimate of drug-likeness (QED) is 0.160. The van der Waals surface area contributed by atoms with E-state index in [0.717, 1.165) is 25.2 Å². The maximum atomic E-state index is 9.93. The fourth-order valence-electron chi connectivity index (χ4n) is 3.22. The van der Waals surface area contributed by atoms with Gasteiger partial charge in [0.2, 0.25) is 0 Å².